The second-order valence-corrected chi connectivity index (χ2v) is 7.97. The number of hydrogen-bond donors (Lipinski definition) is 2. The molecule has 7 heteroatoms. The summed E-state index contributed by atoms with van der Waals surface area (Å²) in [5, 5.41) is 3.76. The number of rotatable bonds is 3. The quantitative estimate of drug-likeness (QED) is 0.866. The Morgan fingerprint density at radius 3 is 2.86 bits per heavy atom. The summed E-state index contributed by atoms with van der Waals surface area (Å²) in [6.45, 7) is 2.22. The van der Waals surface area contributed by atoms with Crippen LogP contribution in [-0.2, 0) is 16.4 Å². The number of aromatic amines is 1. The molecule has 1 aromatic carbocycles. The Balaban J connectivity index is 1.82. The number of hydrogen-bond acceptors (Lipinski definition) is 5. The maximum Gasteiger partial charge on any atom is 0.258 e. The van der Waals surface area contributed by atoms with Crippen LogP contribution in [0.25, 0.3) is 10.9 Å². The van der Waals surface area contributed by atoms with Crippen LogP contribution in [0, 0.1) is 0 Å². The van der Waals surface area contributed by atoms with Gasteiger partial charge in [0.25, 0.3) is 5.56 Å². The molecule has 21 heavy (non-hydrogen) atoms. The number of fused-ring (bicyclic) bond motifs is 1. The Morgan fingerprint density at radius 1 is 1.38 bits per heavy atom. The SMILES string of the molecule is CC1(NCc2nc3ccccc3c(=O)[nH]2)CCS(=O)(=O)C1. The lowest BCUT2D eigenvalue weighted by atomic mass is 10.0. The van der Waals surface area contributed by atoms with Crippen LogP contribution in [0.3, 0.4) is 0 Å². The highest BCUT2D eigenvalue weighted by molar-refractivity contribution is 7.91. The lowest BCUT2D eigenvalue weighted by Gasteiger charge is -2.23. The molecule has 2 N–H and O–H groups in total. The maximum absolute atomic E-state index is 12.0. The van der Waals surface area contributed by atoms with Crippen LogP contribution in [0.15, 0.2) is 29.1 Å². The monoisotopic (exact) mass is 307 g/mol. The number of para-hydroxylation sites is 1. The lowest BCUT2D eigenvalue weighted by Crippen LogP contribution is -2.43. The summed E-state index contributed by atoms with van der Waals surface area (Å²) < 4.78 is 23.1. The van der Waals surface area contributed by atoms with E-state index in [1.807, 2.05) is 13.0 Å². The first-order chi connectivity index (χ1) is 9.87. The van der Waals surface area contributed by atoms with E-state index < -0.39 is 15.4 Å². The van der Waals surface area contributed by atoms with Crippen molar-refractivity contribution >= 4 is 20.7 Å². The number of nitrogens with zero attached hydrogens (tertiary/aromatic N) is 1. The van der Waals surface area contributed by atoms with Gasteiger partial charge in [-0.15, -0.1) is 0 Å². The minimum absolute atomic E-state index is 0.123. The maximum atomic E-state index is 12.0. The van der Waals surface area contributed by atoms with E-state index in [-0.39, 0.29) is 17.1 Å². The number of H-pyrrole nitrogens is 1. The molecule has 1 aromatic heterocycles. The molecule has 0 radical (unpaired) electrons. The standard InChI is InChI=1S/C14H17N3O3S/c1-14(6-7-21(19,20)9-14)15-8-12-16-11-5-3-2-4-10(11)13(18)17-12/h2-5,15H,6-9H2,1H3,(H,16,17,18). The molecule has 1 aliphatic heterocycles. The second-order valence-electron chi connectivity index (χ2n) is 5.79. The van der Waals surface area contributed by atoms with Crippen molar-refractivity contribution in [3.63, 3.8) is 0 Å². The van der Waals surface area contributed by atoms with E-state index in [1.54, 1.807) is 18.2 Å². The third-order valence-corrected chi connectivity index (χ3v) is 5.75. The van der Waals surface area contributed by atoms with E-state index in [1.165, 1.54) is 0 Å². The molecule has 0 spiro atoms. The molecule has 1 unspecified atom stereocenters. The van der Waals surface area contributed by atoms with Crippen molar-refractivity contribution < 1.29 is 8.42 Å². The van der Waals surface area contributed by atoms with E-state index in [9.17, 15) is 13.2 Å². The fourth-order valence-electron chi connectivity index (χ4n) is 2.67. The Labute approximate surface area is 122 Å². The average Bonchev–Trinajstić information content (AvgIpc) is 2.71. The van der Waals surface area contributed by atoms with E-state index in [0.717, 1.165) is 0 Å². The molecule has 2 aromatic rings. The first-order valence-corrected chi connectivity index (χ1v) is 8.62. The third-order valence-electron chi connectivity index (χ3n) is 3.85. The van der Waals surface area contributed by atoms with Gasteiger partial charge in [0.05, 0.1) is 29.0 Å². The number of benzene rings is 1. The van der Waals surface area contributed by atoms with E-state index in [2.05, 4.69) is 15.3 Å². The highest BCUT2D eigenvalue weighted by Crippen LogP contribution is 2.23. The van der Waals surface area contributed by atoms with Crippen LogP contribution in [0.1, 0.15) is 19.2 Å². The molecular formula is C14H17N3O3S. The van der Waals surface area contributed by atoms with Crippen LogP contribution in [-0.4, -0.2) is 35.4 Å². The van der Waals surface area contributed by atoms with Crippen molar-refractivity contribution in [2.24, 2.45) is 0 Å². The van der Waals surface area contributed by atoms with Gasteiger partial charge >= 0.3 is 0 Å². The van der Waals surface area contributed by atoms with Crippen molar-refractivity contribution in [3.8, 4) is 0 Å². The summed E-state index contributed by atoms with van der Waals surface area (Å²) in [4.78, 5) is 19.1. The van der Waals surface area contributed by atoms with Crippen molar-refractivity contribution in [2.45, 2.75) is 25.4 Å². The Bertz CT molecular complexity index is 844. The Hall–Kier alpha value is -1.73. The van der Waals surface area contributed by atoms with Crippen LogP contribution in [0.4, 0.5) is 0 Å². The van der Waals surface area contributed by atoms with Gasteiger partial charge < -0.3 is 10.3 Å². The summed E-state index contributed by atoms with van der Waals surface area (Å²) in [5.74, 6) is 0.847. The summed E-state index contributed by atoms with van der Waals surface area (Å²) in [7, 11) is -2.96. The minimum Gasteiger partial charge on any atom is -0.309 e. The molecule has 2 heterocycles. The zero-order valence-corrected chi connectivity index (χ0v) is 12.5. The van der Waals surface area contributed by atoms with Gasteiger partial charge in [-0.1, -0.05) is 12.1 Å². The zero-order valence-electron chi connectivity index (χ0n) is 11.7. The van der Waals surface area contributed by atoms with Crippen molar-refractivity contribution in [1.82, 2.24) is 15.3 Å². The molecule has 0 saturated carbocycles. The summed E-state index contributed by atoms with van der Waals surface area (Å²) in [6, 6.07) is 7.14. The molecule has 1 saturated heterocycles. The first-order valence-electron chi connectivity index (χ1n) is 6.80. The van der Waals surface area contributed by atoms with Gasteiger partial charge in [-0.25, -0.2) is 13.4 Å². The molecular weight excluding hydrogens is 290 g/mol. The predicted molar refractivity (Wildman–Crippen MR) is 80.9 cm³/mol. The highest BCUT2D eigenvalue weighted by Gasteiger charge is 2.37. The minimum atomic E-state index is -2.96. The van der Waals surface area contributed by atoms with E-state index >= 15 is 0 Å². The smallest absolute Gasteiger partial charge is 0.258 e. The summed E-state index contributed by atoms with van der Waals surface area (Å²) in [6.07, 6.45) is 0.577. The first kappa shape index (κ1) is 14.2. The van der Waals surface area contributed by atoms with Gasteiger partial charge in [0, 0.05) is 5.54 Å². The van der Waals surface area contributed by atoms with Gasteiger partial charge in [-0.3, -0.25) is 4.79 Å². The van der Waals surface area contributed by atoms with Gasteiger partial charge in [0.1, 0.15) is 5.82 Å². The normalized spacial score (nSPS) is 24.4. The van der Waals surface area contributed by atoms with Crippen molar-refractivity contribution in [2.75, 3.05) is 11.5 Å². The van der Waals surface area contributed by atoms with Crippen LogP contribution in [0.5, 0.6) is 0 Å². The molecule has 1 atom stereocenters. The van der Waals surface area contributed by atoms with Crippen LogP contribution < -0.4 is 10.9 Å². The molecule has 0 amide bonds. The van der Waals surface area contributed by atoms with Gasteiger partial charge in [-0.05, 0) is 25.5 Å². The van der Waals surface area contributed by atoms with Crippen molar-refractivity contribution in [1.29, 1.82) is 0 Å². The number of sulfone groups is 1. The Kier molecular flexibility index (Phi) is 3.33. The molecule has 112 valence electrons. The molecule has 3 rings (SSSR count). The van der Waals surface area contributed by atoms with E-state index in [4.69, 9.17) is 0 Å². The summed E-state index contributed by atoms with van der Waals surface area (Å²) >= 11 is 0. The zero-order chi connectivity index (χ0) is 15.1. The molecule has 0 aliphatic carbocycles. The largest absolute Gasteiger partial charge is 0.309 e. The molecule has 1 aliphatic rings. The molecule has 6 nitrogen and oxygen atoms in total. The van der Waals surface area contributed by atoms with Crippen molar-refractivity contribution in [3.05, 3.63) is 40.4 Å². The van der Waals surface area contributed by atoms with Gasteiger partial charge in [0.2, 0.25) is 0 Å². The van der Waals surface area contributed by atoms with Crippen LogP contribution in [0.2, 0.25) is 0 Å². The lowest BCUT2D eigenvalue weighted by molar-refractivity contribution is 0.390. The number of aromatic nitrogens is 2. The number of nitrogens with one attached hydrogen (secondary N) is 2. The second kappa shape index (κ2) is 4.92. The topological polar surface area (TPSA) is 91.9 Å². The fourth-order valence-corrected chi connectivity index (χ4v) is 4.79. The highest BCUT2D eigenvalue weighted by atomic mass is 32.2. The predicted octanol–water partition coefficient (Wildman–Crippen LogP) is 0.590. The van der Waals surface area contributed by atoms with Gasteiger partial charge in [-0.2, -0.15) is 0 Å². The molecule has 1 fully saturated rings. The fraction of sp³-hybridized carbons (Fsp3) is 0.429. The average molecular weight is 307 g/mol. The van der Waals surface area contributed by atoms with E-state index in [0.29, 0.717) is 29.7 Å². The summed E-state index contributed by atoms with van der Waals surface area (Å²) in [5.41, 5.74) is 0.00658. The third kappa shape index (κ3) is 2.98. The Morgan fingerprint density at radius 2 is 2.14 bits per heavy atom. The molecule has 0 bridgehead atoms. The van der Waals surface area contributed by atoms with Crippen LogP contribution >= 0.6 is 0 Å². The van der Waals surface area contributed by atoms with Gasteiger partial charge in [0.15, 0.2) is 9.84 Å².